The number of imidazole rings is 1. The van der Waals surface area contributed by atoms with Crippen molar-refractivity contribution in [1.82, 2.24) is 19.4 Å². The summed E-state index contributed by atoms with van der Waals surface area (Å²) >= 11 is 0. The predicted octanol–water partition coefficient (Wildman–Crippen LogP) is 2.54. The summed E-state index contributed by atoms with van der Waals surface area (Å²) in [6.45, 7) is 6.32. The van der Waals surface area contributed by atoms with Crippen molar-refractivity contribution in [2.45, 2.75) is 38.9 Å². The second-order valence-electron chi connectivity index (χ2n) is 7.08. The van der Waals surface area contributed by atoms with E-state index in [-0.39, 0.29) is 11.7 Å². The van der Waals surface area contributed by atoms with Gasteiger partial charge in [0.05, 0.1) is 18.7 Å². The van der Waals surface area contributed by atoms with Gasteiger partial charge >= 0.3 is 0 Å². The highest BCUT2D eigenvalue weighted by atomic mass is 19.1. The molecule has 0 spiro atoms. The van der Waals surface area contributed by atoms with Gasteiger partial charge < -0.3 is 14.2 Å². The molecule has 0 unspecified atom stereocenters. The Balaban J connectivity index is 1.40. The van der Waals surface area contributed by atoms with Crippen LogP contribution in [0.2, 0.25) is 0 Å². The van der Waals surface area contributed by atoms with Crippen LogP contribution in [0.1, 0.15) is 35.9 Å². The number of aromatic nitrogens is 2. The van der Waals surface area contributed by atoms with Crippen LogP contribution in [0.4, 0.5) is 4.39 Å². The number of carbonyl (C=O) groups is 1. The highest BCUT2D eigenvalue weighted by molar-refractivity contribution is 5.97. The molecule has 144 valence electrons. The summed E-state index contributed by atoms with van der Waals surface area (Å²) in [7, 11) is 0. The highest BCUT2D eigenvalue weighted by Crippen LogP contribution is 2.27. The molecule has 0 aliphatic carbocycles. The number of likely N-dealkylation sites (tertiary alicyclic amines) is 1. The molecule has 0 saturated carbocycles. The summed E-state index contributed by atoms with van der Waals surface area (Å²) in [4.78, 5) is 21.6. The molecule has 1 amide bonds. The van der Waals surface area contributed by atoms with Gasteiger partial charge in [-0.2, -0.15) is 0 Å². The van der Waals surface area contributed by atoms with Gasteiger partial charge in [0.1, 0.15) is 5.82 Å². The Morgan fingerprint density at radius 2 is 2.07 bits per heavy atom. The number of rotatable bonds is 4. The number of amides is 1. The minimum Gasteiger partial charge on any atom is -0.490 e. The lowest BCUT2D eigenvalue weighted by Crippen LogP contribution is -2.48. The molecule has 2 aromatic rings. The lowest BCUT2D eigenvalue weighted by atomic mass is 10.0. The molecule has 0 bridgehead atoms. The third kappa shape index (κ3) is 3.56. The molecule has 27 heavy (non-hydrogen) atoms. The zero-order chi connectivity index (χ0) is 18.8. The number of carbonyl (C=O) groups excluding carboxylic acids is 1. The van der Waals surface area contributed by atoms with Crippen molar-refractivity contribution < 1.29 is 13.9 Å². The van der Waals surface area contributed by atoms with E-state index in [9.17, 15) is 9.18 Å². The van der Waals surface area contributed by atoms with Gasteiger partial charge in [-0.05, 0) is 31.9 Å². The molecule has 1 aromatic heterocycles. The number of hydrogen-bond acceptors (Lipinski definition) is 4. The number of piperidine rings is 1. The molecule has 0 N–H and O–H groups in total. The van der Waals surface area contributed by atoms with E-state index >= 15 is 0 Å². The van der Waals surface area contributed by atoms with Crippen molar-refractivity contribution in [3.8, 4) is 5.75 Å². The van der Waals surface area contributed by atoms with Crippen LogP contribution in [0.3, 0.4) is 0 Å². The van der Waals surface area contributed by atoms with Gasteiger partial charge in [0, 0.05) is 44.6 Å². The molecule has 2 aliphatic heterocycles. The van der Waals surface area contributed by atoms with Crippen LogP contribution in [0.25, 0.3) is 0 Å². The smallest absolute Gasteiger partial charge is 0.257 e. The van der Waals surface area contributed by atoms with E-state index in [2.05, 4.69) is 14.5 Å². The van der Waals surface area contributed by atoms with E-state index in [1.54, 1.807) is 19.1 Å². The number of para-hydroxylation sites is 1. The summed E-state index contributed by atoms with van der Waals surface area (Å²) in [5.74, 6) is 0.544. The molecule has 2 aliphatic rings. The zero-order valence-corrected chi connectivity index (χ0v) is 15.6. The van der Waals surface area contributed by atoms with Gasteiger partial charge in [-0.3, -0.25) is 9.69 Å². The van der Waals surface area contributed by atoms with E-state index in [1.807, 2.05) is 17.3 Å². The zero-order valence-electron chi connectivity index (χ0n) is 15.6. The molecule has 4 rings (SSSR count). The van der Waals surface area contributed by atoms with E-state index in [4.69, 9.17) is 4.74 Å². The molecular weight excluding hydrogens is 347 g/mol. The second-order valence-corrected chi connectivity index (χ2v) is 7.08. The molecular formula is C20H25FN4O2. The quantitative estimate of drug-likeness (QED) is 0.828. The fraction of sp³-hybridized carbons (Fsp3) is 0.500. The van der Waals surface area contributed by atoms with Crippen LogP contribution in [0, 0.1) is 5.82 Å². The Morgan fingerprint density at radius 1 is 1.26 bits per heavy atom. The minimum absolute atomic E-state index is 0.0648. The van der Waals surface area contributed by atoms with Gasteiger partial charge in [0.2, 0.25) is 0 Å². The summed E-state index contributed by atoms with van der Waals surface area (Å²) in [5, 5.41) is 0. The molecule has 6 nitrogen and oxygen atoms in total. The van der Waals surface area contributed by atoms with E-state index < -0.39 is 5.82 Å². The summed E-state index contributed by atoms with van der Waals surface area (Å²) in [5.41, 5.74) is 0.315. The van der Waals surface area contributed by atoms with Crippen LogP contribution in [0.15, 0.2) is 30.6 Å². The normalized spacial score (nSPS) is 18.4. The van der Waals surface area contributed by atoms with Crippen molar-refractivity contribution in [3.63, 3.8) is 0 Å². The van der Waals surface area contributed by atoms with Crippen molar-refractivity contribution in [2.75, 3.05) is 26.2 Å². The van der Waals surface area contributed by atoms with Gasteiger partial charge in [-0.1, -0.05) is 6.07 Å². The predicted molar refractivity (Wildman–Crippen MR) is 99.1 cm³/mol. The summed E-state index contributed by atoms with van der Waals surface area (Å²) in [6.07, 6.45) is 5.73. The second kappa shape index (κ2) is 7.68. The maximum absolute atomic E-state index is 14.1. The Kier molecular flexibility index (Phi) is 5.11. The molecule has 7 heteroatoms. The Bertz CT molecular complexity index is 814. The van der Waals surface area contributed by atoms with E-state index in [0.717, 1.165) is 38.3 Å². The monoisotopic (exact) mass is 372 g/mol. The number of hydrogen-bond donors (Lipinski definition) is 0. The molecule has 1 fully saturated rings. The van der Waals surface area contributed by atoms with Crippen LogP contribution in [-0.4, -0.2) is 57.5 Å². The number of fused-ring (bicyclic) bond motifs is 1. The minimum atomic E-state index is -0.485. The standard InChI is InChI=1S/C20H25FN4O2/c1-2-27-19-16(4-3-5-17(19)21)20(26)24-9-6-15(7-10-24)25-13-12-23-11-8-22-18(23)14-25/h3-5,8,11,15H,2,6-7,9-10,12-14H2,1H3. The van der Waals surface area contributed by atoms with E-state index in [1.165, 1.54) is 6.07 Å². The van der Waals surface area contributed by atoms with Crippen molar-refractivity contribution in [2.24, 2.45) is 0 Å². The Morgan fingerprint density at radius 3 is 2.85 bits per heavy atom. The van der Waals surface area contributed by atoms with Gasteiger partial charge in [0.15, 0.2) is 11.6 Å². The largest absolute Gasteiger partial charge is 0.490 e. The average Bonchev–Trinajstić information content (AvgIpc) is 3.17. The first-order valence-electron chi connectivity index (χ1n) is 9.62. The topological polar surface area (TPSA) is 50.6 Å². The first kappa shape index (κ1) is 18.0. The number of ether oxygens (including phenoxy) is 1. The molecule has 0 radical (unpaired) electrons. The van der Waals surface area contributed by atoms with Gasteiger partial charge in [0.25, 0.3) is 5.91 Å². The number of benzene rings is 1. The fourth-order valence-electron chi connectivity index (χ4n) is 4.08. The molecule has 0 atom stereocenters. The average molecular weight is 372 g/mol. The number of halogens is 1. The van der Waals surface area contributed by atoms with Gasteiger partial charge in [-0.15, -0.1) is 0 Å². The lowest BCUT2D eigenvalue weighted by molar-refractivity contribution is 0.0567. The fourth-order valence-corrected chi connectivity index (χ4v) is 4.08. The summed E-state index contributed by atoms with van der Waals surface area (Å²) < 4.78 is 21.6. The third-order valence-electron chi connectivity index (χ3n) is 5.53. The lowest BCUT2D eigenvalue weighted by Gasteiger charge is -2.40. The Labute approximate surface area is 158 Å². The first-order valence-corrected chi connectivity index (χ1v) is 9.62. The van der Waals surface area contributed by atoms with Crippen LogP contribution in [-0.2, 0) is 13.1 Å². The van der Waals surface area contributed by atoms with Crippen LogP contribution >= 0.6 is 0 Å². The van der Waals surface area contributed by atoms with Crippen molar-refractivity contribution in [1.29, 1.82) is 0 Å². The van der Waals surface area contributed by atoms with Crippen LogP contribution in [0.5, 0.6) is 5.75 Å². The van der Waals surface area contributed by atoms with Crippen molar-refractivity contribution >= 4 is 5.91 Å². The number of nitrogens with zero attached hydrogens (tertiary/aromatic N) is 4. The van der Waals surface area contributed by atoms with Crippen molar-refractivity contribution in [3.05, 3.63) is 47.8 Å². The first-order chi connectivity index (χ1) is 13.2. The molecule has 1 aromatic carbocycles. The van der Waals surface area contributed by atoms with Crippen LogP contribution < -0.4 is 4.74 Å². The van der Waals surface area contributed by atoms with Gasteiger partial charge in [-0.25, -0.2) is 9.37 Å². The Hall–Kier alpha value is -2.41. The third-order valence-corrected chi connectivity index (χ3v) is 5.53. The van der Waals surface area contributed by atoms with E-state index in [0.29, 0.717) is 31.3 Å². The maximum atomic E-state index is 14.1. The summed E-state index contributed by atoms with van der Waals surface area (Å²) in [6, 6.07) is 4.99. The molecule has 3 heterocycles. The highest BCUT2D eigenvalue weighted by Gasteiger charge is 2.30. The molecule has 1 saturated heterocycles. The maximum Gasteiger partial charge on any atom is 0.257 e. The SMILES string of the molecule is CCOc1c(F)cccc1C(=O)N1CCC(N2CCn3ccnc3C2)CC1.